The molecule has 0 radical (unpaired) electrons. The highest BCUT2D eigenvalue weighted by Crippen LogP contribution is 2.22. The molecule has 1 aliphatic rings. The molecule has 1 saturated heterocycles. The van der Waals surface area contributed by atoms with Gasteiger partial charge in [-0.15, -0.1) is 0 Å². The summed E-state index contributed by atoms with van der Waals surface area (Å²) in [7, 11) is 0. The molecule has 0 spiro atoms. The number of anilines is 1. The number of hydrogen-bond donors (Lipinski definition) is 1. The minimum atomic E-state index is -0.239. The Balaban J connectivity index is 1.68. The number of rotatable bonds is 5. The number of aromatic nitrogens is 2. The molecule has 1 aromatic heterocycles. The van der Waals surface area contributed by atoms with Gasteiger partial charge in [-0.2, -0.15) is 0 Å². The Bertz CT molecular complexity index is 716. The SMILES string of the molecule is Cc1nc(N2CCC[C@H](NCCC(C)C)CC2)nc2ccc(F)cc12. The van der Waals surface area contributed by atoms with E-state index in [4.69, 9.17) is 0 Å². The van der Waals surface area contributed by atoms with Crippen LogP contribution in [-0.2, 0) is 0 Å². The zero-order chi connectivity index (χ0) is 17.8. The molecule has 2 heterocycles. The highest BCUT2D eigenvalue weighted by molar-refractivity contribution is 5.81. The van der Waals surface area contributed by atoms with Crippen molar-refractivity contribution in [3.63, 3.8) is 0 Å². The van der Waals surface area contributed by atoms with Crippen molar-refractivity contribution in [3.05, 3.63) is 29.7 Å². The molecule has 1 fully saturated rings. The van der Waals surface area contributed by atoms with Gasteiger partial charge in [-0.25, -0.2) is 14.4 Å². The molecule has 0 bridgehead atoms. The summed E-state index contributed by atoms with van der Waals surface area (Å²) in [6.07, 6.45) is 4.68. The zero-order valence-corrected chi connectivity index (χ0v) is 15.6. The third kappa shape index (κ3) is 4.66. The maximum absolute atomic E-state index is 13.4. The molecule has 3 rings (SSSR count). The highest BCUT2D eigenvalue weighted by atomic mass is 19.1. The Morgan fingerprint density at radius 2 is 2.08 bits per heavy atom. The summed E-state index contributed by atoms with van der Waals surface area (Å²) in [5.41, 5.74) is 1.66. The fraction of sp³-hybridized carbons (Fsp3) is 0.600. The van der Waals surface area contributed by atoms with Gasteiger partial charge in [0.1, 0.15) is 5.82 Å². The van der Waals surface area contributed by atoms with Gasteiger partial charge in [-0.05, 0) is 63.3 Å². The van der Waals surface area contributed by atoms with E-state index in [1.165, 1.54) is 25.0 Å². The molecule has 0 saturated carbocycles. The second-order valence-corrected chi connectivity index (χ2v) is 7.52. The number of nitrogens with one attached hydrogen (secondary N) is 1. The average Bonchev–Trinajstić information content (AvgIpc) is 2.81. The van der Waals surface area contributed by atoms with Crippen LogP contribution in [0.3, 0.4) is 0 Å². The smallest absolute Gasteiger partial charge is 0.226 e. The van der Waals surface area contributed by atoms with Crippen LogP contribution in [0.5, 0.6) is 0 Å². The second-order valence-electron chi connectivity index (χ2n) is 7.52. The van der Waals surface area contributed by atoms with E-state index in [1.54, 1.807) is 6.07 Å². The topological polar surface area (TPSA) is 41.1 Å². The van der Waals surface area contributed by atoms with E-state index in [0.29, 0.717) is 6.04 Å². The van der Waals surface area contributed by atoms with E-state index in [1.807, 2.05) is 6.92 Å². The van der Waals surface area contributed by atoms with Crippen LogP contribution >= 0.6 is 0 Å². The number of fused-ring (bicyclic) bond motifs is 1. The predicted molar refractivity (Wildman–Crippen MR) is 102 cm³/mol. The first-order chi connectivity index (χ1) is 12.0. The Morgan fingerprint density at radius 3 is 2.88 bits per heavy atom. The molecule has 0 amide bonds. The maximum Gasteiger partial charge on any atom is 0.226 e. The van der Waals surface area contributed by atoms with Crippen LogP contribution in [0.4, 0.5) is 10.3 Å². The van der Waals surface area contributed by atoms with Gasteiger partial charge >= 0.3 is 0 Å². The average molecular weight is 344 g/mol. The van der Waals surface area contributed by atoms with E-state index in [-0.39, 0.29) is 5.82 Å². The summed E-state index contributed by atoms with van der Waals surface area (Å²) in [6, 6.07) is 5.32. The standard InChI is InChI=1S/C20H29FN4/c1-14(2)8-10-22-17-5-4-11-25(12-9-17)20-23-15(3)18-13-16(21)6-7-19(18)24-20/h6-7,13-14,17,22H,4-5,8-12H2,1-3H3/t17-/m0/s1. The van der Waals surface area contributed by atoms with Crippen molar-refractivity contribution in [2.75, 3.05) is 24.5 Å². The van der Waals surface area contributed by atoms with Crippen LogP contribution in [-0.4, -0.2) is 35.6 Å². The summed E-state index contributed by atoms with van der Waals surface area (Å²) in [6.45, 7) is 9.50. The van der Waals surface area contributed by atoms with Crippen molar-refractivity contribution in [1.82, 2.24) is 15.3 Å². The third-order valence-corrected chi connectivity index (χ3v) is 5.00. The lowest BCUT2D eigenvalue weighted by Crippen LogP contribution is -2.32. The highest BCUT2D eigenvalue weighted by Gasteiger charge is 2.19. The molecule has 2 aromatic rings. The van der Waals surface area contributed by atoms with Crippen molar-refractivity contribution in [2.24, 2.45) is 5.92 Å². The summed E-state index contributed by atoms with van der Waals surface area (Å²) in [5, 5.41) is 4.50. The van der Waals surface area contributed by atoms with Crippen molar-refractivity contribution < 1.29 is 4.39 Å². The molecule has 1 aliphatic heterocycles. The van der Waals surface area contributed by atoms with Gasteiger partial charge in [-0.1, -0.05) is 13.8 Å². The Labute approximate surface area is 149 Å². The van der Waals surface area contributed by atoms with Crippen molar-refractivity contribution >= 4 is 16.9 Å². The van der Waals surface area contributed by atoms with Gasteiger partial charge < -0.3 is 10.2 Å². The summed E-state index contributed by atoms with van der Waals surface area (Å²) < 4.78 is 13.4. The monoisotopic (exact) mass is 344 g/mol. The Hall–Kier alpha value is -1.75. The first kappa shape index (κ1) is 18.1. The summed E-state index contributed by atoms with van der Waals surface area (Å²) >= 11 is 0. The second kappa shape index (κ2) is 8.09. The number of halogens is 1. The molecular weight excluding hydrogens is 315 g/mol. The molecule has 1 atom stereocenters. The number of nitrogens with zero attached hydrogens (tertiary/aromatic N) is 3. The van der Waals surface area contributed by atoms with E-state index in [0.717, 1.165) is 60.9 Å². The molecule has 25 heavy (non-hydrogen) atoms. The van der Waals surface area contributed by atoms with Gasteiger partial charge in [-0.3, -0.25) is 0 Å². The van der Waals surface area contributed by atoms with Crippen LogP contribution in [0.1, 0.15) is 45.2 Å². The van der Waals surface area contributed by atoms with E-state index in [9.17, 15) is 4.39 Å². The van der Waals surface area contributed by atoms with E-state index in [2.05, 4.69) is 34.0 Å². The molecule has 5 heteroatoms. The summed E-state index contributed by atoms with van der Waals surface area (Å²) in [4.78, 5) is 11.6. The molecule has 136 valence electrons. The van der Waals surface area contributed by atoms with Crippen LogP contribution in [0.2, 0.25) is 0 Å². The number of aryl methyl sites for hydroxylation is 1. The lowest BCUT2D eigenvalue weighted by molar-refractivity contribution is 0.440. The van der Waals surface area contributed by atoms with Crippen LogP contribution in [0.15, 0.2) is 18.2 Å². The van der Waals surface area contributed by atoms with Gasteiger partial charge in [0.05, 0.1) is 11.2 Å². The third-order valence-electron chi connectivity index (χ3n) is 5.00. The number of hydrogen-bond acceptors (Lipinski definition) is 4. The van der Waals surface area contributed by atoms with Crippen molar-refractivity contribution in [2.45, 2.75) is 52.5 Å². The minimum absolute atomic E-state index is 0.239. The predicted octanol–water partition coefficient (Wildman–Crippen LogP) is 4.07. The lowest BCUT2D eigenvalue weighted by atomic mass is 10.1. The fourth-order valence-corrected chi connectivity index (χ4v) is 3.46. The van der Waals surface area contributed by atoms with Crippen molar-refractivity contribution in [1.29, 1.82) is 0 Å². The fourth-order valence-electron chi connectivity index (χ4n) is 3.46. The normalized spacial score (nSPS) is 18.8. The zero-order valence-electron chi connectivity index (χ0n) is 15.6. The van der Waals surface area contributed by atoms with Gasteiger partial charge in [0.15, 0.2) is 0 Å². The lowest BCUT2D eigenvalue weighted by Gasteiger charge is -2.22. The largest absolute Gasteiger partial charge is 0.341 e. The first-order valence-electron chi connectivity index (χ1n) is 9.45. The van der Waals surface area contributed by atoms with Crippen LogP contribution in [0.25, 0.3) is 10.9 Å². The minimum Gasteiger partial charge on any atom is -0.341 e. The van der Waals surface area contributed by atoms with Crippen LogP contribution in [0, 0.1) is 18.7 Å². The molecule has 1 N–H and O–H groups in total. The Kier molecular flexibility index (Phi) is 5.84. The maximum atomic E-state index is 13.4. The molecule has 0 aliphatic carbocycles. The van der Waals surface area contributed by atoms with E-state index < -0.39 is 0 Å². The quantitative estimate of drug-likeness (QED) is 0.888. The molecule has 0 unspecified atom stereocenters. The number of benzene rings is 1. The van der Waals surface area contributed by atoms with Crippen molar-refractivity contribution in [3.8, 4) is 0 Å². The van der Waals surface area contributed by atoms with Gasteiger partial charge in [0.2, 0.25) is 5.95 Å². The summed E-state index contributed by atoms with van der Waals surface area (Å²) in [5.74, 6) is 1.28. The van der Waals surface area contributed by atoms with Crippen LogP contribution < -0.4 is 10.2 Å². The molecule has 4 nitrogen and oxygen atoms in total. The molecule has 1 aromatic carbocycles. The van der Waals surface area contributed by atoms with Gasteiger partial charge in [0.25, 0.3) is 0 Å². The Morgan fingerprint density at radius 1 is 1.24 bits per heavy atom. The van der Waals surface area contributed by atoms with E-state index >= 15 is 0 Å². The van der Waals surface area contributed by atoms with Gasteiger partial charge in [0, 0.05) is 24.5 Å². The first-order valence-corrected chi connectivity index (χ1v) is 9.45. The molecular formula is C20H29FN4.